The molecule has 1 fully saturated rings. The summed E-state index contributed by atoms with van der Waals surface area (Å²) >= 11 is 0. The number of rotatable bonds is 8. The molecule has 0 spiro atoms. The molecule has 1 aromatic carbocycles. The lowest BCUT2D eigenvalue weighted by Gasteiger charge is -2.25. The third kappa shape index (κ3) is 5.01. The van der Waals surface area contributed by atoms with E-state index in [-0.39, 0.29) is 11.9 Å². The maximum atomic E-state index is 13.1. The molecule has 2 heterocycles. The van der Waals surface area contributed by atoms with Crippen LogP contribution in [-0.4, -0.2) is 33.7 Å². The number of aromatic nitrogens is 2. The number of hydrogen-bond acceptors (Lipinski definition) is 3. The molecule has 1 aliphatic heterocycles. The molecule has 1 atom stereocenters. The summed E-state index contributed by atoms with van der Waals surface area (Å²) in [6.07, 6.45) is 3.40. The molecule has 2 aromatic rings. The summed E-state index contributed by atoms with van der Waals surface area (Å²) in [5.41, 5.74) is 4.70. The Morgan fingerprint density at radius 3 is 2.62 bits per heavy atom. The van der Waals surface area contributed by atoms with Gasteiger partial charge in [-0.05, 0) is 69.2 Å². The number of carbonyl (C=O) groups is 1. The molecule has 1 saturated heterocycles. The Bertz CT molecular complexity index is 823. The molecule has 0 bridgehead atoms. The predicted octanol–water partition coefficient (Wildman–Crippen LogP) is 4.85. The third-order valence-corrected chi connectivity index (χ3v) is 5.81. The Morgan fingerprint density at radius 1 is 1.24 bits per heavy atom. The first-order valence-electron chi connectivity index (χ1n) is 11.0. The fourth-order valence-electron chi connectivity index (χ4n) is 4.36. The van der Waals surface area contributed by atoms with Crippen molar-refractivity contribution < 1.29 is 9.53 Å². The van der Waals surface area contributed by atoms with E-state index < -0.39 is 0 Å². The average molecular weight is 398 g/mol. The van der Waals surface area contributed by atoms with Crippen molar-refractivity contribution in [2.45, 2.75) is 72.9 Å². The maximum absolute atomic E-state index is 13.1. The highest BCUT2D eigenvalue weighted by Gasteiger charge is 2.30. The van der Waals surface area contributed by atoms with Gasteiger partial charge in [-0.1, -0.05) is 26.0 Å². The van der Waals surface area contributed by atoms with Crippen molar-refractivity contribution in [2.75, 3.05) is 13.2 Å². The van der Waals surface area contributed by atoms with E-state index >= 15 is 0 Å². The van der Waals surface area contributed by atoms with Gasteiger partial charge in [0.1, 0.15) is 5.75 Å². The number of nitrogens with zero attached hydrogens (tertiary/aromatic N) is 3. The summed E-state index contributed by atoms with van der Waals surface area (Å²) in [6, 6.07) is 8.41. The van der Waals surface area contributed by atoms with Crippen molar-refractivity contribution in [3.63, 3.8) is 0 Å². The summed E-state index contributed by atoms with van der Waals surface area (Å²) in [4.78, 5) is 15.1. The molecule has 0 radical (unpaired) electrons. The standard InChI is InChI=1S/C24H35N3O2/c1-6-29-21-11-9-20(10-12-21)23-8-7-15-26(23)24(28)14-13-22-18(4)25-27(19(22)5)16-17(2)3/h9-12,17,23H,6-8,13-16H2,1-5H3. The van der Waals surface area contributed by atoms with Gasteiger partial charge in [-0.2, -0.15) is 5.10 Å². The van der Waals surface area contributed by atoms with Gasteiger partial charge in [-0.25, -0.2) is 0 Å². The minimum atomic E-state index is 0.184. The van der Waals surface area contributed by atoms with Gasteiger partial charge in [0, 0.05) is 25.2 Å². The summed E-state index contributed by atoms with van der Waals surface area (Å²) in [7, 11) is 0. The lowest BCUT2D eigenvalue weighted by atomic mass is 10.0. The molecular formula is C24H35N3O2. The van der Waals surface area contributed by atoms with Crippen molar-refractivity contribution in [1.82, 2.24) is 14.7 Å². The van der Waals surface area contributed by atoms with Gasteiger partial charge >= 0.3 is 0 Å². The summed E-state index contributed by atoms with van der Waals surface area (Å²) in [6.45, 7) is 13.0. The van der Waals surface area contributed by atoms with Crippen LogP contribution in [0.25, 0.3) is 0 Å². The predicted molar refractivity (Wildman–Crippen MR) is 116 cm³/mol. The second-order valence-corrected chi connectivity index (χ2v) is 8.47. The monoisotopic (exact) mass is 397 g/mol. The number of hydrogen-bond donors (Lipinski definition) is 0. The average Bonchev–Trinajstić information content (AvgIpc) is 3.26. The van der Waals surface area contributed by atoms with E-state index in [4.69, 9.17) is 9.84 Å². The number of benzene rings is 1. The Labute approximate surface area is 175 Å². The SMILES string of the molecule is CCOc1ccc(C2CCCN2C(=O)CCc2c(C)nn(CC(C)C)c2C)cc1. The first-order valence-corrected chi connectivity index (χ1v) is 11.0. The van der Waals surface area contributed by atoms with E-state index in [0.29, 0.717) is 18.9 Å². The van der Waals surface area contributed by atoms with Crippen molar-refractivity contribution >= 4 is 5.91 Å². The van der Waals surface area contributed by atoms with Crippen LogP contribution in [0.15, 0.2) is 24.3 Å². The van der Waals surface area contributed by atoms with Crippen LogP contribution < -0.4 is 4.74 Å². The lowest BCUT2D eigenvalue weighted by molar-refractivity contribution is -0.132. The van der Waals surface area contributed by atoms with Gasteiger partial charge in [0.15, 0.2) is 0 Å². The molecular weight excluding hydrogens is 362 g/mol. The largest absolute Gasteiger partial charge is 0.494 e. The molecule has 0 N–H and O–H groups in total. The van der Waals surface area contributed by atoms with Gasteiger partial charge < -0.3 is 9.64 Å². The van der Waals surface area contributed by atoms with Crippen molar-refractivity contribution in [1.29, 1.82) is 0 Å². The van der Waals surface area contributed by atoms with Crippen LogP contribution in [0.4, 0.5) is 0 Å². The van der Waals surface area contributed by atoms with Gasteiger partial charge in [-0.15, -0.1) is 0 Å². The minimum absolute atomic E-state index is 0.184. The molecule has 3 rings (SSSR count). The Balaban J connectivity index is 1.65. The first-order chi connectivity index (χ1) is 13.9. The smallest absolute Gasteiger partial charge is 0.223 e. The summed E-state index contributed by atoms with van der Waals surface area (Å²) < 4.78 is 7.64. The van der Waals surface area contributed by atoms with E-state index in [9.17, 15) is 4.79 Å². The number of carbonyl (C=O) groups excluding carboxylic acids is 1. The van der Waals surface area contributed by atoms with Gasteiger partial charge in [0.05, 0.1) is 18.3 Å². The van der Waals surface area contributed by atoms with E-state index in [2.05, 4.69) is 49.4 Å². The van der Waals surface area contributed by atoms with E-state index in [1.807, 2.05) is 19.1 Å². The lowest BCUT2D eigenvalue weighted by Crippen LogP contribution is -2.30. The van der Waals surface area contributed by atoms with Crippen LogP contribution in [0.5, 0.6) is 5.75 Å². The fourth-order valence-corrected chi connectivity index (χ4v) is 4.36. The molecule has 0 aliphatic carbocycles. The number of amides is 1. The highest BCUT2D eigenvalue weighted by molar-refractivity contribution is 5.77. The van der Waals surface area contributed by atoms with Crippen LogP contribution in [0.3, 0.4) is 0 Å². The van der Waals surface area contributed by atoms with Crippen LogP contribution in [0, 0.1) is 19.8 Å². The van der Waals surface area contributed by atoms with Gasteiger partial charge in [-0.3, -0.25) is 9.48 Å². The first kappa shape index (κ1) is 21.4. The maximum Gasteiger partial charge on any atom is 0.223 e. The highest BCUT2D eigenvalue weighted by Crippen LogP contribution is 2.33. The summed E-state index contributed by atoms with van der Waals surface area (Å²) in [5.74, 6) is 1.69. The zero-order chi connectivity index (χ0) is 21.0. The van der Waals surface area contributed by atoms with E-state index in [0.717, 1.165) is 43.8 Å². The van der Waals surface area contributed by atoms with Crippen LogP contribution in [-0.2, 0) is 17.8 Å². The van der Waals surface area contributed by atoms with Crippen molar-refractivity contribution in [3.8, 4) is 5.75 Å². The molecule has 5 heteroatoms. The topological polar surface area (TPSA) is 47.4 Å². The molecule has 1 aliphatic rings. The second kappa shape index (κ2) is 9.47. The Hall–Kier alpha value is -2.30. The third-order valence-electron chi connectivity index (χ3n) is 5.81. The zero-order valence-electron chi connectivity index (χ0n) is 18.6. The quantitative estimate of drug-likeness (QED) is 0.640. The molecule has 158 valence electrons. The van der Waals surface area contributed by atoms with Gasteiger partial charge in [0.25, 0.3) is 0 Å². The summed E-state index contributed by atoms with van der Waals surface area (Å²) in [5, 5.41) is 4.69. The highest BCUT2D eigenvalue weighted by atomic mass is 16.5. The number of ether oxygens (including phenoxy) is 1. The van der Waals surface area contributed by atoms with Gasteiger partial charge in [0.2, 0.25) is 5.91 Å². The Kier molecular flexibility index (Phi) is 6.99. The molecule has 29 heavy (non-hydrogen) atoms. The fraction of sp³-hybridized carbons (Fsp3) is 0.583. The van der Waals surface area contributed by atoms with Crippen molar-refractivity contribution in [2.24, 2.45) is 5.92 Å². The van der Waals surface area contributed by atoms with Crippen LogP contribution in [0.2, 0.25) is 0 Å². The Morgan fingerprint density at radius 2 is 1.97 bits per heavy atom. The minimum Gasteiger partial charge on any atom is -0.494 e. The molecule has 5 nitrogen and oxygen atoms in total. The van der Waals surface area contributed by atoms with Crippen LogP contribution >= 0.6 is 0 Å². The molecule has 0 saturated carbocycles. The number of likely N-dealkylation sites (tertiary alicyclic amines) is 1. The molecule has 1 amide bonds. The second-order valence-electron chi connectivity index (χ2n) is 8.47. The van der Waals surface area contributed by atoms with Crippen molar-refractivity contribution in [3.05, 3.63) is 46.8 Å². The van der Waals surface area contributed by atoms with Crippen LogP contribution in [0.1, 0.15) is 68.6 Å². The van der Waals surface area contributed by atoms with E-state index in [1.54, 1.807) is 0 Å². The normalized spacial score (nSPS) is 16.6. The number of aryl methyl sites for hydroxylation is 1. The molecule has 1 unspecified atom stereocenters. The van der Waals surface area contributed by atoms with E-state index in [1.165, 1.54) is 16.8 Å². The zero-order valence-corrected chi connectivity index (χ0v) is 18.6. The molecule has 1 aromatic heterocycles.